The van der Waals surface area contributed by atoms with E-state index in [9.17, 15) is 9.59 Å². The highest BCUT2D eigenvalue weighted by Gasteiger charge is 2.10. The van der Waals surface area contributed by atoms with Crippen molar-refractivity contribution < 1.29 is 14.3 Å². The fraction of sp³-hybridized carbons (Fsp3) is 0.188. The molecule has 5 nitrogen and oxygen atoms in total. The average Bonchev–Trinajstić information content (AvgIpc) is 2.53. The van der Waals surface area contributed by atoms with Gasteiger partial charge in [0.1, 0.15) is 5.15 Å². The minimum absolute atomic E-state index is 0.237. The third kappa shape index (κ3) is 5.88. The summed E-state index contributed by atoms with van der Waals surface area (Å²) < 4.78 is 4.90. The van der Waals surface area contributed by atoms with Gasteiger partial charge in [0.2, 0.25) is 0 Å². The predicted octanol–water partition coefficient (Wildman–Crippen LogP) is 2.90. The van der Waals surface area contributed by atoms with E-state index in [1.807, 2.05) is 18.2 Å². The molecule has 0 aliphatic heterocycles. The number of esters is 1. The van der Waals surface area contributed by atoms with Gasteiger partial charge in [-0.05, 0) is 36.2 Å². The second-order valence-electron chi connectivity index (χ2n) is 4.68. The molecule has 0 saturated carbocycles. The molecule has 0 fully saturated rings. The van der Waals surface area contributed by atoms with Crippen molar-refractivity contribution in [3.05, 3.63) is 63.9 Å². The number of halogens is 2. The Hall–Kier alpha value is -2.11. The zero-order chi connectivity index (χ0) is 16.7. The highest BCUT2D eigenvalue weighted by Crippen LogP contribution is 2.10. The van der Waals surface area contributed by atoms with Gasteiger partial charge < -0.3 is 10.1 Å². The number of amides is 1. The summed E-state index contributed by atoms with van der Waals surface area (Å²) in [5.41, 5.74) is 1.25. The molecule has 1 aromatic heterocycles. The number of aromatic nitrogens is 1. The van der Waals surface area contributed by atoms with Gasteiger partial charge in [0.25, 0.3) is 5.91 Å². The summed E-state index contributed by atoms with van der Waals surface area (Å²) in [5.74, 6) is -0.999. The minimum atomic E-state index is -0.626. The van der Waals surface area contributed by atoms with Gasteiger partial charge in [-0.3, -0.25) is 4.79 Å². The molecule has 0 bridgehead atoms. The van der Waals surface area contributed by atoms with Crippen molar-refractivity contribution in [2.45, 2.75) is 6.42 Å². The maximum absolute atomic E-state index is 11.7. The smallest absolute Gasteiger partial charge is 0.340 e. The number of benzene rings is 1. The SMILES string of the molecule is O=C(COC(=O)c1ccc(Cl)nc1)NCCc1cccc(Cl)c1. The van der Waals surface area contributed by atoms with E-state index < -0.39 is 5.97 Å². The minimum Gasteiger partial charge on any atom is -0.452 e. The van der Waals surface area contributed by atoms with Crippen molar-refractivity contribution in [1.29, 1.82) is 0 Å². The number of hydrogen-bond acceptors (Lipinski definition) is 4. The first-order valence-corrected chi connectivity index (χ1v) is 7.60. The molecule has 0 radical (unpaired) electrons. The number of hydrogen-bond donors (Lipinski definition) is 1. The summed E-state index contributed by atoms with van der Waals surface area (Å²) in [5, 5.41) is 3.60. The second kappa shape index (κ2) is 8.50. The summed E-state index contributed by atoms with van der Waals surface area (Å²) in [4.78, 5) is 27.1. The molecular formula is C16H14Cl2N2O3. The van der Waals surface area contributed by atoms with Crippen LogP contribution >= 0.6 is 23.2 Å². The first-order valence-electron chi connectivity index (χ1n) is 6.84. The van der Waals surface area contributed by atoms with Gasteiger partial charge in [-0.25, -0.2) is 9.78 Å². The molecule has 2 rings (SSSR count). The van der Waals surface area contributed by atoms with Gasteiger partial charge in [0.05, 0.1) is 5.56 Å². The van der Waals surface area contributed by atoms with Gasteiger partial charge in [0, 0.05) is 17.8 Å². The van der Waals surface area contributed by atoms with Gasteiger partial charge >= 0.3 is 5.97 Å². The zero-order valence-corrected chi connectivity index (χ0v) is 13.6. The second-order valence-corrected chi connectivity index (χ2v) is 5.50. The number of rotatable bonds is 6. The van der Waals surface area contributed by atoms with E-state index in [1.54, 1.807) is 6.07 Å². The molecule has 1 N–H and O–H groups in total. The summed E-state index contributed by atoms with van der Waals surface area (Å²) in [6.07, 6.45) is 1.93. The largest absolute Gasteiger partial charge is 0.452 e. The van der Waals surface area contributed by atoms with Crippen LogP contribution in [-0.2, 0) is 16.0 Å². The van der Waals surface area contributed by atoms with Crippen LogP contribution in [0.15, 0.2) is 42.6 Å². The average molecular weight is 353 g/mol. The number of carbonyl (C=O) groups excluding carboxylic acids is 2. The Bertz CT molecular complexity index is 690. The number of carbonyl (C=O) groups is 2. The van der Waals surface area contributed by atoms with E-state index in [0.717, 1.165) is 5.56 Å². The molecule has 1 heterocycles. The van der Waals surface area contributed by atoms with Crippen molar-refractivity contribution in [3.8, 4) is 0 Å². The lowest BCUT2D eigenvalue weighted by atomic mass is 10.1. The van der Waals surface area contributed by atoms with E-state index in [1.165, 1.54) is 18.3 Å². The highest BCUT2D eigenvalue weighted by atomic mass is 35.5. The van der Waals surface area contributed by atoms with Crippen LogP contribution in [0.2, 0.25) is 10.2 Å². The number of nitrogens with one attached hydrogen (secondary N) is 1. The van der Waals surface area contributed by atoms with E-state index in [4.69, 9.17) is 27.9 Å². The Kier molecular flexibility index (Phi) is 6.38. The molecular weight excluding hydrogens is 339 g/mol. The van der Waals surface area contributed by atoms with Crippen molar-refractivity contribution in [2.75, 3.05) is 13.2 Å². The highest BCUT2D eigenvalue weighted by molar-refractivity contribution is 6.30. The van der Waals surface area contributed by atoms with Gasteiger partial charge in [-0.1, -0.05) is 35.3 Å². The van der Waals surface area contributed by atoms with E-state index in [2.05, 4.69) is 10.3 Å². The van der Waals surface area contributed by atoms with Crippen LogP contribution in [-0.4, -0.2) is 30.0 Å². The summed E-state index contributed by atoms with van der Waals surface area (Å²) in [6, 6.07) is 10.3. The van der Waals surface area contributed by atoms with Gasteiger partial charge in [-0.15, -0.1) is 0 Å². The third-order valence-electron chi connectivity index (χ3n) is 2.92. The molecule has 120 valence electrons. The molecule has 1 aromatic carbocycles. The molecule has 0 aliphatic rings. The molecule has 1 amide bonds. The lowest BCUT2D eigenvalue weighted by Gasteiger charge is -2.07. The number of ether oxygens (including phenoxy) is 1. The molecule has 0 saturated heterocycles. The molecule has 0 aliphatic carbocycles. The maximum atomic E-state index is 11.7. The topological polar surface area (TPSA) is 68.3 Å². The summed E-state index contributed by atoms with van der Waals surface area (Å²) in [7, 11) is 0. The van der Waals surface area contributed by atoms with Crippen LogP contribution in [0.3, 0.4) is 0 Å². The normalized spacial score (nSPS) is 10.2. The molecule has 23 heavy (non-hydrogen) atoms. The first-order chi connectivity index (χ1) is 11.0. The van der Waals surface area contributed by atoms with E-state index in [-0.39, 0.29) is 23.2 Å². The number of pyridine rings is 1. The van der Waals surface area contributed by atoms with Crippen molar-refractivity contribution in [2.24, 2.45) is 0 Å². The fourth-order valence-electron chi connectivity index (χ4n) is 1.80. The van der Waals surface area contributed by atoms with E-state index >= 15 is 0 Å². The Morgan fingerprint density at radius 1 is 1.17 bits per heavy atom. The Balaban J connectivity index is 1.70. The standard InChI is InChI=1S/C16H14Cl2N2O3/c17-13-3-1-2-11(8-13)6-7-19-15(21)10-23-16(22)12-4-5-14(18)20-9-12/h1-5,8-9H,6-7,10H2,(H,19,21). The monoisotopic (exact) mass is 352 g/mol. The predicted molar refractivity (Wildman–Crippen MR) is 87.7 cm³/mol. The Morgan fingerprint density at radius 3 is 2.70 bits per heavy atom. The lowest BCUT2D eigenvalue weighted by Crippen LogP contribution is -2.30. The zero-order valence-electron chi connectivity index (χ0n) is 12.1. The van der Waals surface area contributed by atoms with Gasteiger partial charge in [-0.2, -0.15) is 0 Å². The van der Waals surface area contributed by atoms with Crippen LogP contribution in [0.4, 0.5) is 0 Å². The molecule has 0 atom stereocenters. The first kappa shape index (κ1) is 17.2. The molecule has 0 spiro atoms. The lowest BCUT2D eigenvalue weighted by molar-refractivity contribution is -0.124. The number of nitrogens with zero attached hydrogens (tertiary/aromatic N) is 1. The van der Waals surface area contributed by atoms with Crippen LogP contribution < -0.4 is 5.32 Å². The van der Waals surface area contributed by atoms with Crippen molar-refractivity contribution in [3.63, 3.8) is 0 Å². The third-order valence-corrected chi connectivity index (χ3v) is 3.38. The quantitative estimate of drug-likeness (QED) is 0.641. The van der Waals surface area contributed by atoms with Crippen molar-refractivity contribution in [1.82, 2.24) is 10.3 Å². The summed E-state index contributed by atoms with van der Waals surface area (Å²) in [6.45, 7) is 0.0796. The maximum Gasteiger partial charge on any atom is 0.340 e. The van der Waals surface area contributed by atoms with Crippen LogP contribution in [0.5, 0.6) is 0 Å². The van der Waals surface area contributed by atoms with Crippen LogP contribution in [0, 0.1) is 0 Å². The fourth-order valence-corrected chi connectivity index (χ4v) is 2.13. The van der Waals surface area contributed by atoms with E-state index in [0.29, 0.717) is 18.0 Å². The van der Waals surface area contributed by atoms with Crippen LogP contribution in [0.25, 0.3) is 0 Å². The summed E-state index contributed by atoms with van der Waals surface area (Å²) >= 11 is 11.5. The molecule has 0 unspecified atom stereocenters. The molecule has 7 heteroatoms. The molecule has 2 aromatic rings. The van der Waals surface area contributed by atoms with Crippen LogP contribution in [0.1, 0.15) is 15.9 Å². The Morgan fingerprint density at radius 2 is 2.00 bits per heavy atom. The van der Waals surface area contributed by atoms with Gasteiger partial charge in [0.15, 0.2) is 6.61 Å². The van der Waals surface area contributed by atoms with Crippen molar-refractivity contribution >= 4 is 35.1 Å². The Labute approximate surface area is 143 Å².